The standard InChI is InChI=1S/C31H31Cl2N3O4S/c1-31(2,3)20-10-16(29(37)38)11-24-27(20)34-30(41-24)36-13-17-9-18(36)12-23(17)39-14-19-26(35-40-28(19)15-7-8-15)25-21(32)5-4-6-22(25)33/h4-6,10-11,15,17-18,23H,7-9,12-14H2,1-3H3,(H,37,38)/t17-,18-,23+/m0/s1. The Bertz CT molecular complexity index is 1650. The molecule has 2 bridgehead atoms. The topological polar surface area (TPSA) is 88.7 Å². The molecule has 3 aliphatic rings. The van der Waals surface area contributed by atoms with Gasteiger partial charge in [-0.2, -0.15) is 0 Å². The lowest BCUT2D eigenvalue weighted by molar-refractivity contribution is 0.0122. The number of ether oxygens (including phenoxy) is 1. The Morgan fingerprint density at radius 2 is 1.95 bits per heavy atom. The van der Waals surface area contributed by atoms with Crippen LogP contribution in [0.5, 0.6) is 0 Å². The maximum absolute atomic E-state index is 11.8. The van der Waals surface area contributed by atoms with E-state index in [4.69, 9.17) is 37.4 Å². The van der Waals surface area contributed by atoms with Crippen molar-refractivity contribution in [3.8, 4) is 11.3 Å². The van der Waals surface area contributed by atoms with Crippen LogP contribution in [0.2, 0.25) is 10.0 Å². The third kappa shape index (κ3) is 4.83. The average molecular weight is 613 g/mol. The quantitative estimate of drug-likeness (QED) is 0.225. The summed E-state index contributed by atoms with van der Waals surface area (Å²) in [6.45, 7) is 7.58. The van der Waals surface area contributed by atoms with Gasteiger partial charge in [0.05, 0.1) is 38.5 Å². The van der Waals surface area contributed by atoms with Gasteiger partial charge in [-0.05, 0) is 60.9 Å². The van der Waals surface area contributed by atoms with Crippen molar-refractivity contribution < 1.29 is 19.2 Å². The van der Waals surface area contributed by atoms with Crippen LogP contribution in [-0.2, 0) is 16.8 Å². The molecule has 3 fully saturated rings. The summed E-state index contributed by atoms with van der Waals surface area (Å²) in [4.78, 5) is 19.3. The molecule has 0 unspecified atom stereocenters. The summed E-state index contributed by atoms with van der Waals surface area (Å²) in [6, 6.07) is 9.34. The van der Waals surface area contributed by atoms with Crippen LogP contribution in [0.1, 0.15) is 79.6 Å². The third-order valence-corrected chi connectivity index (χ3v) is 10.3. The second kappa shape index (κ2) is 9.97. The number of anilines is 1. The average Bonchev–Trinajstić information content (AvgIpc) is 3.24. The predicted molar refractivity (Wildman–Crippen MR) is 162 cm³/mol. The van der Waals surface area contributed by atoms with Crippen LogP contribution < -0.4 is 4.90 Å². The molecule has 4 aromatic rings. The van der Waals surface area contributed by atoms with E-state index in [9.17, 15) is 9.90 Å². The van der Waals surface area contributed by atoms with E-state index in [1.807, 2.05) is 18.2 Å². The fraction of sp³-hybridized carbons (Fsp3) is 0.452. The Hall–Kier alpha value is -2.65. The van der Waals surface area contributed by atoms with E-state index in [2.05, 4.69) is 30.8 Å². The normalized spacial score (nSPS) is 22.3. The van der Waals surface area contributed by atoms with Crippen LogP contribution in [0.4, 0.5) is 5.13 Å². The first-order valence-electron chi connectivity index (χ1n) is 14.1. The van der Waals surface area contributed by atoms with E-state index in [1.54, 1.807) is 23.5 Å². The van der Waals surface area contributed by atoms with Gasteiger partial charge < -0.3 is 19.3 Å². The van der Waals surface area contributed by atoms with Crippen molar-refractivity contribution in [2.75, 3.05) is 11.4 Å². The van der Waals surface area contributed by atoms with E-state index < -0.39 is 5.97 Å². The number of aromatic nitrogens is 2. The largest absolute Gasteiger partial charge is 0.478 e. The lowest BCUT2D eigenvalue weighted by Crippen LogP contribution is -2.38. The number of halogens is 2. The smallest absolute Gasteiger partial charge is 0.335 e. The number of fused-ring (bicyclic) bond motifs is 3. The number of rotatable bonds is 7. The Balaban J connectivity index is 1.11. The molecule has 1 N–H and O–H groups in total. The number of aromatic carboxylic acids is 1. The van der Waals surface area contributed by atoms with Crippen LogP contribution in [0.15, 0.2) is 34.9 Å². The zero-order valence-electron chi connectivity index (χ0n) is 23.1. The lowest BCUT2D eigenvalue weighted by atomic mass is 9.85. The van der Waals surface area contributed by atoms with Crippen molar-refractivity contribution in [1.82, 2.24) is 10.1 Å². The summed E-state index contributed by atoms with van der Waals surface area (Å²) in [7, 11) is 0. The molecule has 1 saturated heterocycles. The van der Waals surface area contributed by atoms with Crippen LogP contribution >= 0.6 is 34.5 Å². The van der Waals surface area contributed by atoms with Gasteiger partial charge >= 0.3 is 5.97 Å². The van der Waals surface area contributed by atoms with Crippen molar-refractivity contribution in [2.24, 2.45) is 5.92 Å². The number of hydrogen-bond donors (Lipinski definition) is 1. The molecule has 0 amide bonds. The minimum absolute atomic E-state index is 0.130. The van der Waals surface area contributed by atoms with Crippen LogP contribution in [-0.4, -0.2) is 39.9 Å². The second-order valence-corrected chi connectivity index (χ2v) is 14.4. The molecule has 2 saturated carbocycles. The molecule has 3 atom stereocenters. The maximum atomic E-state index is 11.8. The Kier molecular flexibility index (Phi) is 6.62. The van der Waals surface area contributed by atoms with E-state index in [-0.39, 0.29) is 11.5 Å². The van der Waals surface area contributed by atoms with Gasteiger partial charge in [0, 0.05) is 35.5 Å². The SMILES string of the molecule is CC(C)(C)c1cc(C(=O)O)cc2sc(N3C[C@@H]4C[C@H]3C[C@H]4OCc3c(-c4c(Cl)cccc4Cl)noc3C3CC3)nc12. The minimum Gasteiger partial charge on any atom is -0.478 e. The monoisotopic (exact) mass is 611 g/mol. The first kappa shape index (κ1) is 27.2. The van der Waals surface area contributed by atoms with Gasteiger partial charge in [0.25, 0.3) is 0 Å². The molecule has 10 heteroatoms. The molecule has 7 nitrogen and oxygen atoms in total. The first-order chi connectivity index (χ1) is 19.6. The summed E-state index contributed by atoms with van der Waals surface area (Å²) in [5, 5.41) is 16.1. The molecular weight excluding hydrogens is 581 g/mol. The van der Waals surface area contributed by atoms with Crippen molar-refractivity contribution in [3.05, 3.63) is 62.8 Å². The number of benzene rings is 2. The molecular formula is C31H31Cl2N3O4S. The predicted octanol–water partition coefficient (Wildman–Crippen LogP) is 8.32. The van der Waals surface area contributed by atoms with Gasteiger partial charge in [-0.15, -0.1) is 0 Å². The molecule has 1 aliphatic heterocycles. The molecule has 2 aromatic heterocycles. The number of hydrogen-bond acceptors (Lipinski definition) is 7. The van der Waals surface area contributed by atoms with Crippen LogP contribution in [0, 0.1) is 5.92 Å². The summed E-state index contributed by atoms with van der Waals surface area (Å²) >= 11 is 14.7. The summed E-state index contributed by atoms with van der Waals surface area (Å²) < 4.78 is 13.3. The molecule has 41 heavy (non-hydrogen) atoms. The summed E-state index contributed by atoms with van der Waals surface area (Å²) in [6.07, 6.45) is 4.28. The van der Waals surface area contributed by atoms with E-state index in [1.165, 1.54) is 0 Å². The molecule has 7 rings (SSSR count). The van der Waals surface area contributed by atoms with Gasteiger partial charge in [-0.25, -0.2) is 9.78 Å². The van der Waals surface area contributed by atoms with E-state index in [0.717, 1.165) is 64.5 Å². The van der Waals surface area contributed by atoms with Crippen molar-refractivity contribution in [1.29, 1.82) is 0 Å². The summed E-state index contributed by atoms with van der Waals surface area (Å²) in [5.41, 5.74) is 4.30. The Morgan fingerprint density at radius 1 is 1.20 bits per heavy atom. The zero-order chi connectivity index (χ0) is 28.6. The number of carboxylic acids is 1. The molecule has 2 aliphatic carbocycles. The van der Waals surface area contributed by atoms with Gasteiger partial charge in [-0.3, -0.25) is 0 Å². The number of carbonyl (C=O) groups is 1. The van der Waals surface area contributed by atoms with Gasteiger partial charge in [0.1, 0.15) is 11.5 Å². The van der Waals surface area contributed by atoms with E-state index in [0.29, 0.717) is 51.4 Å². The number of carboxylic acid groups (broad SMARTS) is 1. The highest BCUT2D eigenvalue weighted by Crippen LogP contribution is 2.48. The lowest BCUT2D eigenvalue weighted by Gasteiger charge is -2.31. The molecule has 2 aromatic carbocycles. The van der Waals surface area contributed by atoms with E-state index >= 15 is 0 Å². The second-order valence-electron chi connectivity index (χ2n) is 12.6. The Morgan fingerprint density at radius 3 is 2.59 bits per heavy atom. The highest BCUT2D eigenvalue weighted by atomic mass is 35.5. The molecule has 3 heterocycles. The minimum atomic E-state index is -0.912. The zero-order valence-corrected chi connectivity index (χ0v) is 25.4. The van der Waals surface area contributed by atoms with Gasteiger partial charge in [0.15, 0.2) is 5.13 Å². The fourth-order valence-corrected chi connectivity index (χ4v) is 8.11. The number of thiazole rings is 1. The molecule has 0 spiro atoms. The highest BCUT2D eigenvalue weighted by Gasteiger charge is 2.47. The highest BCUT2D eigenvalue weighted by molar-refractivity contribution is 7.22. The van der Waals surface area contributed by atoms with Crippen LogP contribution in [0.25, 0.3) is 21.5 Å². The maximum Gasteiger partial charge on any atom is 0.335 e. The first-order valence-corrected chi connectivity index (χ1v) is 15.6. The van der Waals surface area contributed by atoms with Gasteiger partial charge in [0.2, 0.25) is 0 Å². The Labute approximate surface area is 252 Å². The van der Waals surface area contributed by atoms with Crippen LogP contribution in [0.3, 0.4) is 0 Å². The van der Waals surface area contributed by atoms with Crippen molar-refractivity contribution in [2.45, 2.75) is 76.5 Å². The number of piperidine rings is 1. The third-order valence-electron chi connectivity index (χ3n) is 8.67. The van der Waals surface area contributed by atoms with Crippen molar-refractivity contribution in [3.63, 3.8) is 0 Å². The summed E-state index contributed by atoms with van der Waals surface area (Å²) in [5.74, 6) is 0.751. The number of nitrogens with zero attached hydrogens (tertiary/aromatic N) is 3. The fourth-order valence-electron chi connectivity index (χ4n) is 6.42. The molecule has 0 radical (unpaired) electrons. The molecule has 214 valence electrons. The van der Waals surface area contributed by atoms with Gasteiger partial charge in [-0.1, -0.05) is 66.5 Å². The van der Waals surface area contributed by atoms with Crippen molar-refractivity contribution >= 4 is 55.9 Å².